The molecule has 0 amide bonds. The molecule has 0 aliphatic heterocycles. The van der Waals surface area contributed by atoms with Crippen LogP contribution in [0.4, 0.5) is 0 Å². The maximum absolute atomic E-state index is 11.6. The second kappa shape index (κ2) is 6.45. The van der Waals surface area contributed by atoms with E-state index in [1.807, 2.05) is 32.9 Å². The van der Waals surface area contributed by atoms with Gasteiger partial charge in [0.25, 0.3) is 0 Å². The van der Waals surface area contributed by atoms with Crippen LogP contribution in [-0.2, 0) is 16.1 Å². The van der Waals surface area contributed by atoms with E-state index in [4.69, 9.17) is 22.1 Å². The Morgan fingerprint density at radius 3 is 2.67 bits per heavy atom. The van der Waals surface area contributed by atoms with Crippen LogP contribution in [0.5, 0.6) is 0 Å². The highest BCUT2D eigenvalue weighted by molar-refractivity contribution is 8.00. The summed E-state index contributed by atoms with van der Waals surface area (Å²) in [7, 11) is 0. The Morgan fingerprint density at radius 2 is 2.11 bits per heavy atom. The van der Waals surface area contributed by atoms with Crippen molar-refractivity contribution in [3.05, 3.63) is 28.8 Å². The Kier molecular flexibility index (Phi) is 5.50. The summed E-state index contributed by atoms with van der Waals surface area (Å²) in [6, 6.07) is 5.49. The zero-order chi connectivity index (χ0) is 13.8. The smallest absolute Gasteiger partial charge is 0.316 e. The van der Waals surface area contributed by atoms with Crippen LogP contribution >= 0.6 is 23.4 Å². The number of carbonyl (C=O) groups excluding carboxylic acids is 1. The minimum absolute atomic E-state index is 0.240. The van der Waals surface area contributed by atoms with Crippen LogP contribution in [0.25, 0.3) is 0 Å². The fourth-order valence-corrected chi connectivity index (χ4v) is 2.46. The monoisotopic (exact) mass is 287 g/mol. The molecular weight excluding hydrogens is 270 g/mol. The van der Waals surface area contributed by atoms with Crippen molar-refractivity contribution >= 4 is 29.3 Å². The summed E-state index contributed by atoms with van der Waals surface area (Å²) in [5.74, 6) is 0.0142. The molecule has 0 atom stereocenters. The van der Waals surface area contributed by atoms with E-state index in [0.717, 1.165) is 10.5 Å². The summed E-state index contributed by atoms with van der Waals surface area (Å²) in [5, 5.41) is 0.638. The summed E-state index contributed by atoms with van der Waals surface area (Å²) in [5.41, 5.74) is 6.16. The Labute approximate surface area is 117 Å². The maximum Gasteiger partial charge on any atom is 0.316 e. The number of hydrogen-bond acceptors (Lipinski definition) is 4. The lowest BCUT2D eigenvalue weighted by molar-refractivity contribution is -0.151. The van der Waals surface area contributed by atoms with Crippen LogP contribution < -0.4 is 5.73 Å². The SMILES string of the molecule is CC(C)(C)OC(=O)CSc1cc(Cl)ccc1CN. The van der Waals surface area contributed by atoms with Crippen molar-refractivity contribution in [2.45, 2.75) is 37.8 Å². The molecule has 2 N–H and O–H groups in total. The summed E-state index contributed by atoms with van der Waals surface area (Å²) in [6.45, 7) is 5.97. The van der Waals surface area contributed by atoms with Gasteiger partial charge >= 0.3 is 5.97 Å². The number of halogens is 1. The molecule has 0 heterocycles. The number of ether oxygens (including phenoxy) is 1. The van der Waals surface area contributed by atoms with Gasteiger partial charge in [0.05, 0.1) is 5.75 Å². The number of esters is 1. The molecule has 0 aliphatic rings. The highest BCUT2D eigenvalue weighted by Gasteiger charge is 2.16. The van der Waals surface area contributed by atoms with Crippen LogP contribution in [0.3, 0.4) is 0 Å². The van der Waals surface area contributed by atoms with Crippen LogP contribution in [0.2, 0.25) is 5.02 Å². The van der Waals surface area contributed by atoms with Gasteiger partial charge in [0.1, 0.15) is 5.60 Å². The van der Waals surface area contributed by atoms with Crippen molar-refractivity contribution in [1.82, 2.24) is 0 Å². The normalized spacial score (nSPS) is 11.4. The summed E-state index contributed by atoms with van der Waals surface area (Å²) < 4.78 is 5.24. The second-order valence-corrected chi connectivity index (χ2v) is 6.28. The van der Waals surface area contributed by atoms with Gasteiger partial charge in [-0.3, -0.25) is 4.79 Å². The number of carbonyl (C=O) groups is 1. The number of thioether (sulfide) groups is 1. The first-order chi connectivity index (χ1) is 8.31. The quantitative estimate of drug-likeness (QED) is 0.682. The van der Waals surface area contributed by atoms with Crippen molar-refractivity contribution in [2.75, 3.05) is 5.75 Å². The largest absolute Gasteiger partial charge is 0.459 e. The molecule has 0 bridgehead atoms. The molecule has 100 valence electrons. The van der Waals surface area contributed by atoms with Gasteiger partial charge in [-0.25, -0.2) is 0 Å². The minimum Gasteiger partial charge on any atom is -0.459 e. The van der Waals surface area contributed by atoms with E-state index in [1.165, 1.54) is 11.8 Å². The molecule has 18 heavy (non-hydrogen) atoms. The lowest BCUT2D eigenvalue weighted by Crippen LogP contribution is -2.24. The molecular formula is C13H18ClNO2S. The minimum atomic E-state index is -0.456. The molecule has 0 fully saturated rings. The summed E-state index contributed by atoms with van der Waals surface area (Å²) >= 11 is 7.32. The first-order valence-electron chi connectivity index (χ1n) is 5.65. The van der Waals surface area contributed by atoms with E-state index in [2.05, 4.69) is 0 Å². The molecule has 0 aliphatic carbocycles. The predicted molar refractivity (Wildman–Crippen MR) is 75.9 cm³/mol. The molecule has 0 radical (unpaired) electrons. The topological polar surface area (TPSA) is 52.3 Å². The third kappa shape index (κ3) is 5.29. The number of nitrogens with two attached hydrogens (primary N) is 1. The third-order valence-electron chi connectivity index (χ3n) is 2.01. The van der Waals surface area contributed by atoms with Gasteiger partial charge in [0.2, 0.25) is 0 Å². The third-order valence-corrected chi connectivity index (χ3v) is 3.32. The Morgan fingerprint density at radius 1 is 1.44 bits per heavy atom. The lowest BCUT2D eigenvalue weighted by Gasteiger charge is -2.19. The van der Waals surface area contributed by atoms with Gasteiger partial charge in [0, 0.05) is 16.5 Å². The van der Waals surface area contributed by atoms with E-state index in [9.17, 15) is 4.79 Å². The zero-order valence-electron chi connectivity index (χ0n) is 10.8. The molecule has 5 heteroatoms. The van der Waals surface area contributed by atoms with Gasteiger partial charge in [0.15, 0.2) is 0 Å². The van der Waals surface area contributed by atoms with Crippen LogP contribution in [0.15, 0.2) is 23.1 Å². The highest BCUT2D eigenvalue weighted by atomic mass is 35.5. The molecule has 0 saturated carbocycles. The van der Waals surface area contributed by atoms with Gasteiger partial charge in [-0.1, -0.05) is 17.7 Å². The van der Waals surface area contributed by atoms with E-state index >= 15 is 0 Å². The summed E-state index contributed by atoms with van der Waals surface area (Å²) in [4.78, 5) is 12.5. The molecule has 0 spiro atoms. The van der Waals surface area contributed by atoms with Crippen molar-refractivity contribution in [2.24, 2.45) is 5.73 Å². The lowest BCUT2D eigenvalue weighted by atomic mass is 10.2. The maximum atomic E-state index is 11.6. The van der Waals surface area contributed by atoms with Crippen LogP contribution in [0.1, 0.15) is 26.3 Å². The molecule has 0 aromatic heterocycles. The molecule has 1 rings (SSSR count). The molecule has 0 saturated heterocycles. The first kappa shape index (κ1) is 15.3. The Balaban J connectivity index is 2.63. The highest BCUT2D eigenvalue weighted by Crippen LogP contribution is 2.26. The number of rotatable bonds is 4. The molecule has 3 nitrogen and oxygen atoms in total. The molecule has 0 unspecified atom stereocenters. The number of hydrogen-bond donors (Lipinski definition) is 1. The van der Waals surface area contributed by atoms with Gasteiger partial charge in [-0.15, -0.1) is 11.8 Å². The van der Waals surface area contributed by atoms with E-state index in [1.54, 1.807) is 6.07 Å². The van der Waals surface area contributed by atoms with Crippen molar-refractivity contribution < 1.29 is 9.53 Å². The van der Waals surface area contributed by atoms with E-state index in [0.29, 0.717) is 11.6 Å². The van der Waals surface area contributed by atoms with E-state index in [-0.39, 0.29) is 11.7 Å². The fraction of sp³-hybridized carbons (Fsp3) is 0.462. The van der Waals surface area contributed by atoms with Crippen molar-refractivity contribution in [3.8, 4) is 0 Å². The summed E-state index contributed by atoms with van der Waals surface area (Å²) in [6.07, 6.45) is 0. The Bertz CT molecular complexity index is 429. The van der Waals surface area contributed by atoms with Gasteiger partial charge in [-0.05, 0) is 38.5 Å². The van der Waals surface area contributed by atoms with Gasteiger partial charge < -0.3 is 10.5 Å². The average molecular weight is 288 g/mol. The predicted octanol–water partition coefficient (Wildman–Crippen LogP) is 3.23. The molecule has 1 aromatic rings. The molecule has 1 aromatic carbocycles. The van der Waals surface area contributed by atoms with Crippen molar-refractivity contribution in [1.29, 1.82) is 0 Å². The van der Waals surface area contributed by atoms with Crippen LogP contribution in [-0.4, -0.2) is 17.3 Å². The average Bonchev–Trinajstić information content (AvgIpc) is 2.24. The van der Waals surface area contributed by atoms with Crippen LogP contribution in [0, 0.1) is 0 Å². The Hall–Kier alpha value is -0.710. The van der Waals surface area contributed by atoms with Crippen molar-refractivity contribution in [3.63, 3.8) is 0 Å². The standard InChI is InChI=1S/C13H18ClNO2S/c1-13(2,3)17-12(16)8-18-11-6-10(14)5-4-9(11)7-15/h4-6H,7-8,15H2,1-3H3. The van der Waals surface area contributed by atoms with Gasteiger partial charge in [-0.2, -0.15) is 0 Å². The fourth-order valence-electron chi connectivity index (χ4n) is 1.34. The second-order valence-electron chi connectivity index (χ2n) is 4.83. The zero-order valence-corrected chi connectivity index (χ0v) is 12.4. The number of benzene rings is 1. The van der Waals surface area contributed by atoms with E-state index < -0.39 is 5.60 Å². The first-order valence-corrected chi connectivity index (χ1v) is 7.01.